The molecule has 0 aliphatic rings. The molecule has 150 valence electrons. The number of carbonyl (C=O) groups is 1. The fourth-order valence-corrected chi connectivity index (χ4v) is 3.03. The van der Waals surface area contributed by atoms with Crippen LogP contribution in [0.2, 0.25) is 0 Å². The van der Waals surface area contributed by atoms with Gasteiger partial charge in [0.15, 0.2) is 10.5 Å². The molecular weight excluding hydrogens is 376 g/mol. The summed E-state index contributed by atoms with van der Waals surface area (Å²) in [7, 11) is -3.36. The summed E-state index contributed by atoms with van der Waals surface area (Å²) in [5.74, 6) is -1.05. The third kappa shape index (κ3) is 6.98. The Balaban J connectivity index is 5.01. The van der Waals surface area contributed by atoms with Crippen LogP contribution in [0.25, 0.3) is 0 Å². The lowest BCUT2D eigenvalue weighted by Crippen LogP contribution is -2.67. The Labute approximate surface area is 152 Å². The van der Waals surface area contributed by atoms with Crippen molar-refractivity contribution in [2.24, 2.45) is 0 Å². The van der Waals surface area contributed by atoms with Crippen LogP contribution in [0.1, 0.15) is 26.2 Å². The highest BCUT2D eigenvalue weighted by Crippen LogP contribution is 2.35. The van der Waals surface area contributed by atoms with E-state index in [1.807, 2.05) is 0 Å². The van der Waals surface area contributed by atoms with Crippen LogP contribution in [0.15, 0.2) is 0 Å². The summed E-state index contributed by atoms with van der Waals surface area (Å²) < 4.78 is 24.1. The van der Waals surface area contributed by atoms with Crippen LogP contribution >= 0.6 is 12.6 Å². The number of carbonyl (C=O) groups excluding carboxylic acids is 1. The fourth-order valence-electron chi connectivity index (χ4n) is 2.13. The Kier molecular flexibility index (Phi) is 9.83. The van der Waals surface area contributed by atoms with Crippen molar-refractivity contribution < 1.29 is 38.7 Å². The van der Waals surface area contributed by atoms with Gasteiger partial charge in [-0.2, -0.15) is 0 Å². The van der Waals surface area contributed by atoms with Crippen LogP contribution in [0.5, 0.6) is 0 Å². The smallest absolute Gasteiger partial charge is 0.256 e. The first-order valence-corrected chi connectivity index (χ1v) is 10.0. The molecule has 0 saturated heterocycles. The molecule has 0 bridgehead atoms. The minimum atomic E-state index is -3.36. The van der Waals surface area contributed by atoms with E-state index in [-0.39, 0.29) is 32.4 Å². The molecule has 0 aliphatic heterocycles. The Morgan fingerprint density at radius 3 is 2.24 bits per heavy atom. The van der Waals surface area contributed by atoms with Gasteiger partial charge in [0.25, 0.3) is 5.91 Å². The Morgan fingerprint density at radius 1 is 1.24 bits per heavy atom. The van der Waals surface area contributed by atoms with Gasteiger partial charge < -0.3 is 30.8 Å². The van der Waals surface area contributed by atoms with E-state index >= 15 is 0 Å². The van der Waals surface area contributed by atoms with Crippen molar-refractivity contribution >= 4 is 28.6 Å². The summed E-state index contributed by atoms with van der Waals surface area (Å²) in [6.07, 6.45) is -2.76. The molecule has 7 N–H and O–H groups in total. The van der Waals surface area contributed by atoms with Gasteiger partial charge in [0.05, 0.1) is 12.9 Å². The quantitative estimate of drug-likeness (QED) is 0.0958. The normalized spacial score (nSPS) is 19.5. The minimum absolute atomic E-state index is 0.0180. The Hall–Kier alpha value is -0.470. The third-order valence-corrected chi connectivity index (χ3v) is 4.93. The maximum atomic E-state index is 12.3. The number of hydrogen-bond donors (Lipinski definition) is 8. The number of thiol groups is 1. The van der Waals surface area contributed by atoms with Gasteiger partial charge in [0.2, 0.25) is 10.0 Å². The van der Waals surface area contributed by atoms with E-state index in [1.165, 1.54) is 0 Å². The number of aliphatic hydroxyl groups is 5. The van der Waals surface area contributed by atoms with Crippen molar-refractivity contribution in [1.82, 2.24) is 10.0 Å². The summed E-state index contributed by atoms with van der Waals surface area (Å²) in [4.78, 5) is 9.58. The van der Waals surface area contributed by atoms with E-state index in [1.54, 1.807) is 6.92 Å². The molecule has 4 atom stereocenters. The second-order valence-corrected chi connectivity index (χ2v) is 8.32. The molecule has 4 unspecified atom stereocenters. The molecule has 0 aromatic carbocycles. The lowest BCUT2D eigenvalue weighted by atomic mass is 9.84. The first-order chi connectivity index (χ1) is 11.3. The zero-order valence-corrected chi connectivity index (χ0v) is 15.9. The van der Waals surface area contributed by atoms with Crippen molar-refractivity contribution in [1.29, 1.82) is 0 Å². The molecule has 0 aliphatic carbocycles. The molecule has 0 saturated carbocycles. The van der Waals surface area contributed by atoms with Crippen LogP contribution in [0.3, 0.4) is 0 Å². The van der Waals surface area contributed by atoms with Gasteiger partial charge in [0, 0.05) is 13.1 Å². The van der Waals surface area contributed by atoms with E-state index in [9.17, 15) is 33.6 Å². The second kappa shape index (κ2) is 10.0. The van der Waals surface area contributed by atoms with E-state index in [4.69, 9.17) is 5.11 Å². The van der Waals surface area contributed by atoms with Crippen molar-refractivity contribution in [3.05, 3.63) is 0 Å². The zero-order chi connectivity index (χ0) is 19.9. The molecule has 12 heteroatoms. The van der Waals surface area contributed by atoms with Crippen molar-refractivity contribution in [2.45, 2.75) is 48.9 Å². The lowest BCUT2D eigenvalue weighted by Gasteiger charge is -2.42. The molecule has 0 aromatic heterocycles. The van der Waals surface area contributed by atoms with Gasteiger partial charge in [-0.1, -0.05) is 13.3 Å². The van der Waals surface area contributed by atoms with Gasteiger partial charge in [-0.3, -0.25) is 4.79 Å². The third-order valence-electron chi connectivity index (χ3n) is 3.56. The number of rotatable bonds is 12. The molecule has 10 nitrogen and oxygen atoms in total. The van der Waals surface area contributed by atoms with Crippen molar-refractivity contribution in [3.63, 3.8) is 0 Å². The van der Waals surface area contributed by atoms with Gasteiger partial charge in [0.1, 0.15) is 12.2 Å². The van der Waals surface area contributed by atoms with Crippen LogP contribution in [-0.4, -0.2) is 88.6 Å². The first kappa shape index (κ1) is 24.5. The standard InChI is InChI=1S/C13H28N2O8S2/c1-3-5-12(20,13(21,24)10(18)9(17)8-16)11(19)14-6-4-7-15-25(2,22)23/h9-10,15-18,20-21,24H,3-8H2,1-2H3,(H,14,19). The number of hydrogen-bond acceptors (Lipinski definition) is 9. The zero-order valence-electron chi connectivity index (χ0n) is 14.2. The molecule has 25 heavy (non-hydrogen) atoms. The minimum Gasteiger partial charge on any atom is -0.394 e. The van der Waals surface area contributed by atoms with E-state index in [2.05, 4.69) is 22.7 Å². The number of sulfonamides is 1. The topological polar surface area (TPSA) is 176 Å². The molecule has 0 spiro atoms. The Bertz CT molecular complexity index is 528. The maximum Gasteiger partial charge on any atom is 0.256 e. The number of nitrogens with one attached hydrogen (secondary N) is 2. The average molecular weight is 405 g/mol. The second-order valence-electron chi connectivity index (χ2n) is 5.81. The first-order valence-electron chi connectivity index (χ1n) is 7.70. The number of aliphatic hydroxyl groups excluding tert-OH is 3. The van der Waals surface area contributed by atoms with Gasteiger partial charge in [-0.25, -0.2) is 13.1 Å². The monoisotopic (exact) mass is 404 g/mol. The van der Waals surface area contributed by atoms with Crippen LogP contribution in [0.4, 0.5) is 0 Å². The fraction of sp³-hybridized carbons (Fsp3) is 0.923. The molecule has 0 heterocycles. The van der Waals surface area contributed by atoms with Gasteiger partial charge in [-0.15, -0.1) is 12.6 Å². The van der Waals surface area contributed by atoms with Crippen molar-refractivity contribution in [3.8, 4) is 0 Å². The summed E-state index contributed by atoms with van der Waals surface area (Å²) in [6, 6.07) is 0. The molecule has 1 amide bonds. The Morgan fingerprint density at radius 2 is 1.80 bits per heavy atom. The molecular formula is C13H28N2O8S2. The summed E-state index contributed by atoms with van der Waals surface area (Å²) >= 11 is 3.76. The average Bonchev–Trinajstić information content (AvgIpc) is 2.51. The summed E-state index contributed by atoms with van der Waals surface area (Å²) in [6.45, 7) is 0.746. The molecule has 0 fully saturated rings. The largest absolute Gasteiger partial charge is 0.394 e. The van der Waals surface area contributed by atoms with Crippen LogP contribution in [0, 0.1) is 0 Å². The predicted molar refractivity (Wildman–Crippen MR) is 93.4 cm³/mol. The van der Waals surface area contributed by atoms with Gasteiger partial charge in [-0.05, 0) is 12.8 Å². The molecule has 0 radical (unpaired) electrons. The van der Waals surface area contributed by atoms with Crippen molar-refractivity contribution in [2.75, 3.05) is 26.0 Å². The van der Waals surface area contributed by atoms with E-state index < -0.39 is 45.3 Å². The highest BCUT2D eigenvalue weighted by Gasteiger charge is 2.57. The maximum absolute atomic E-state index is 12.3. The predicted octanol–water partition coefficient (Wildman–Crippen LogP) is -3.09. The van der Waals surface area contributed by atoms with Crippen LogP contribution in [-0.2, 0) is 14.8 Å². The van der Waals surface area contributed by atoms with E-state index in [0.717, 1.165) is 6.26 Å². The highest BCUT2D eigenvalue weighted by atomic mass is 32.2. The SMILES string of the molecule is CCCC(O)(C(=O)NCCCNS(C)(=O)=O)C(O)(S)C(O)C(O)CO. The molecule has 0 rings (SSSR count). The van der Waals surface area contributed by atoms with Crippen LogP contribution < -0.4 is 10.0 Å². The summed E-state index contributed by atoms with van der Waals surface area (Å²) in [5, 5.41) is 51.5. The number of amides is 1. The lowest BCUT2D eigenvalue weighted by molar-refractivity contribution is -0.189. The summed E-state index contributed by atoms with van der Waals surface area (Å²) in [5.41, 5.74) is -2.55. The van der Waals surface area contributed by atoms with E-state index in [0.29, 0.717) is 0 Å². The highest BCUT2D eigenvalue weighted by molar-refractivity contribution is 7.88. The van der Waals surface area contributed by atoms with Gasteiger partial charge >= 0.3 is 0 Å². The molecule has 0 aromatic rings.